The summed E-state index contributed by atoms with van der Waals surface area (Å²) in [6.07, 6.45) is 8.92. The molecule has 0 radical (unpaired) electrons. The lowest BCUT2D eigenvalue weighted by Gasteiger charge is -2.39. The van der Waals surface area contributed by atoms with Crippen molar-refractivity contribution in [3.63, 3.8) is 0 Å². The second-order valence-electron chi connectivity index (χ2n) is 11.8. The third-order valence-corrected chi connectivity index (χ3v) is 9.05. The Morgan fingerprint density at radius 1 is 1.00 bits per heavy atom. The van der Waals surface area contributed by atoms with Crippen LogP contribution in [0.3, 0.4) is 0 Å². The average molecular weight is 506 g/mol. The highest BCUT2D eigenvalue weighted by Crippen LogP contribution is 2.43. The summed E-state index contributed by atoms with van der Waals surface area (Å²) in [5.74, 6) is -0.618. The number of carbonyl (C=O) groups excluding carboxylic acids is 4. The van der Waals surface area contributed by atoms with E-state index in [1.165, 1.54) is 13.3 Å². The van der Waals surface area contributed by atoms with Crippen molar-refractivity contribution in [3.05, 3.63) is 0 Å². The highest BCUT2D eigenvalue weighted by molar-refractivity contribution is 5.92. The number of nitrogens with zero attached hydrogens (tertiary/aromatic N) is 1. The molecule has 36 heavy (non-hydrogen) atoms. The smallest absolute Gasteiger partial charge is 0.329 e. The normalized spacial score (nSPS) is 26.1. The van der Waals surface area contributed by atoms with Crippen molar-refractivity contribution in [2.24, 2.45) is 29.1 Å². The van der Waals surface area contributed by atoms with Gasteiger partial charge in [0.2, 0.25) is 17.7 Å². The molecule has 3 amide bonds. The summed E-state index contributed by atoms with van der Waals surface area (Å²) in [5, 5.41) is 5.97. The minimum absolute atomic E-state index is 0.129. The van der Waals surface area contributed by atoms with Gasteiger partial charge in [0.15, 0.2) is 0 Å². The molecule has 2 aliphatic carbocycles. The van der Waals surface area contributed by atoms with Crippen molar-refractivity contribution in [3.8, 4) is 0 Å². The predicted molar refractivity (Wildman–Crippen MR) is 138 cm³/mol. The molecule has 1 aliphatic heterocycles. The number of esters is 1. The van der Waals surface area contributed by atoms with Crippen LogP contribution in [0.1, 0.15) is 92.4 Å². The fourth-order valence-electron chi connectivity index (χ4n) is 6.54. The van der Waals surface area contributed by atoms with Crippen LogP contribution in [0.15, 0.2) is 0 Å². The second kappa shape index (κ2) is 12.4. The van der Waals surface area contributed by atoms with Crippen LogP contribution in [0.25, 0.3) is 0 Å². The van der Waals surface area contributed by atoms with E-state index in [1.807, 2.05) is 20.8 Å². The van der Waals surface area contributed by atoms with Crippen LogP contribution in [0.4, 0.5) is 0 Å². The summed E-state index contributed by atoms with van der Waals surface area (Å²) in [7, 11) is 0. The van der Waals surface area contributed by atoms with Gasteiger partial charge < -0.3 is 20.3 Å². The fraction of sp³-hybridized carbons (Fsp3) is 0.857. The van der Waals surface area contributed by atoms with Gasteiger partial charge in [0.05, 0.1) is 12.5 Å². The van der Waals surface area contributed by atoms with E-state index in [1.54, 1.807) is 11.8 Å². The molecule has 3 aliphatic rings. The zero-order valence-corrected chi connectivity index (χ0v) is 22.9. The number of amides is 3. The molecule has 2 N–H and O–H groups in total. The van der Waals surface area contributed by atoms with Gasteiger partial charge in [-0.2, -0.15) is 0 Å². The van der Waals surface area contributed by atoms with Crippen LogP contribution in [-0.4, -0.2) is 60.4 Å². The second-order valence-corrected chi connectivity index (χ2v) is 11.8. The van der Waals surface area contributed by atoms with E-state index in [0.717, 1.165) is 44.9 Å². The topological polar surface area (TPSA) is 105 Å². The third-order valence-electron chi connectivity index (χ3n) is 9.05. The molecular formula is C28H47N3O5. The highest BCUT2D eigenvalue weighted by atomic mass is 16.5. The number of nitrogens with one attached hydrogen (secondary N) is 2. The lowest BCUT2D eigenvalue weighted by Crippen LogP contribution is -2.59. The summed E-state index contributed by atoms with van der Waals surface area (Å²) in [6.45, 7) is 10.4. The zero-order chi connectivity index (χ0) is 26.5. The van der Waals surface area contributed by atoms with Crippen molar-refractivity contribution in [1.29, 1.82) is 0 Å². The van der Waals surface area contributed by atoms with Crippen molar-refractivity contribution in [1.82, 2.24) is 15.5 Å². The lowest BCUT2D eigenvalue weighted by atomic mass is 9.77. The average Bonchev–Trinajstić information content (AvgIpc) is 3.44. The molecular weight excluding hydrogens is 458 g/mol. The summed E-state index contributed by atoms with van der Waals surface area (Å²) < 4.78 is 5.40. The summed E-state index contributed by atoms with van der Waals surface area (Å²) in [5.41, 5.74) is -0.505. The zero-order valence-electron chi connectivity index (χ0n) is 22.9. The largest absolute Gasteiger partial charge is 0.464 e. The molecule has 0 aromatic rings. The van der Waals surface area contributed by atoms with Gasteiger partial charge in [0.25, 0.3) is 0 Å². The number of fused-ring (bicyclic) bond motifs is 1. The van der Waals surface area contributed by atoms with Crippen molar-refractivity contribution in [2.75, 3.05) is 19.7 Å². The summed E-state index contributed by atoms with van der Waals surface area (Å²) in [4.78, 5) is 54.2. The van der Waals surface area contributed by atoms with Gasteiger partial charge in [0, 0.05) is 20.0 Å². The summed E-state index contributed by atoms with van der Waals surface area (Å²) >= 11 is 0. The molecule has 3 fully saturated rings. The van der Waals surface area contributed by atoms with Gasteiger partial charge in [-0.3, -0.25) is 14.4 Å². The molecule has 1 heterocycles. The molecule has 204 valence electrons. The van der Waals surface area contributed by atoms with Gasteiger partial charge in [-0.15, -0.1) is 0 Å². The van der Waals surface area contributed by atoms with Crippen molar-refractivity contribution < 1.29 is 23.9 Å². The first-order chi connectivity index (χ1) is 17.1. The maximum atomic E-state index is 14.1. The predicted octanol–water partition coefficient (Wildman–Crippen LogP) is 3.43. The van der Waals surface area contributed by atoms with E-state index in [2.05, 4.69) is 10.6 Å². The maximum absolute atomic E-state index is 14.1. The Balaban J connectivity index is 1.85. The number of rotatable bonds is 10. The van der Waals surface area contributed by atoms with Crippen LogP contribution in [0.2, 0.25) is 0 Å². The van der Waals surface area contributed by atoms with E-state index < -0.39 is 17.5 Å². The molecule has 0 spiro atoms. The number of likely N-dealkylation sites (tertiary alicyclic amines) is 1. The Bertz CT molecular complexity index is 807. The Morgan fingerprint density at radius 3 is 2.31 bits per heavy atom. The van der Waals surface area contributed by atoms with Gasteiger partial charge >= 0.3 is 5.97 Å². The van der Waals surface area contributed by atoms with Gasteiger partial charge in [-0.25, -0.2) is 4.79 Å². The van der Waals surface area contributed by atoms with Crippen LogP contribution >= 0.6 is 0 Å². The highest BCUT2D eigenvalue weighted by Gasteiger charge is 2.52. The van der Waals surface area contributed by atoms with E-state index >= 15 is 0 Å². The van der Waals surface area contributed by atoms with Crippen LogP contribution < -0.4 is 10.6 Å². The molecule has 2 saturated carbocycles. The molecule has 0 aromatic carbocycles. The Kier molecular flexibility index (Phi) is 9.81. The third kappa shape index (κ3) is 6.41. The lowest BCUT2D eigenvalue weighted by molar-refractivity contribution is -0.156. The Morgan fingerprint density at radius 2 is 1.69 bits per heavy atom. The van der Waals surface area contributed by atoms with Crippen molar-refractivity contribution in [2.45, 2.75) is 104 Å². The quantitative estimate of drug-likeness (QED) is 0.443. The number of hydrogen-bond acceptors (Lipinski definition) is 5. The molecule has 1 saturated heterocycles. The molecule has 5 atom stereocenters. The van der Waals surface area contributed by atoms with Crippen LogP contribution in [0.5, 0.6) is 0 Å². The summed E-state index contributed by atoms with van der Waals surface area (Å²) in [6, 6.07) is -1.33. The van der Waals surface area contributed by atoms with E-state index in [-0.39, 0.29) is 54.6 Å². The van der Waals surface area contributed by atoms with E-state index in [9.17, 15) is 19.2 Å². The molecule has 0 bridgehead atoms. The van der Waals surface area contributed by atoms with Gasteiger partial charge in [0.1, 0.15) is 12.1 Å². The number of carbonyl (C=O) groups is 4. The monoisotopic (exact) mass is 505 g/mol. The van der Waals surface area contributed by atoms with Gasteiger partial charge in [-0.1, -0.05) is 46.5 Å². The molecule has 8 heteroatoms. The molecule has 0 aromatic heterocycles. The Hall–Kier alpha value is -2.12. The minimum Gasteiger partial charge on any atom is -0.464 e. The first kappa shape index (κ1) is 28.5. The fourth-order valence-corrected chi connectivity index (χ4v) is 6.54. The minimum atomic E-state index is -0.755. The standard InChI is InChI=1S/C28H47N3O5/c1-6-28(4,5)24(30-25(33)22(16-29-18(3)32)19-12-9-8-10-13-19)26(34)31-17-20-14-11-15-21(20)23(31)27(35)36-7-2/h19-24H,6-17H2,1-5H3,(H,29,32)(H,30,33). The van der Waals surface area contributed by atoms with Crippen molar-refractivity contribution >= 4 is 23.7 Å². The first-order valence-electron chi connectivity index (χ1n) is 14.1. The molecule has 8 nitrogen and oxygen atoms in total. The van der Waals surface area contributed by atoms with E-state index in [0.29, 0.717) is 18.9 Å². The van der Waals surface area contributed by atoms with E-state index in [4.69, 9.17) is 4.74 Å². The Labute approximate surface area is 216 Å². The SMILES string of the molecule is CCOC(=O)C1C2CCCC2CN1C(=O)C(NC(=O)C(CNC(C)=O)C1CCCCC1)C(C)(C)CC. The maximum Gasteiger partial charge on any atom is 0.329 e. The van der Waals surface area contributed by atoms with Crippen LogP contribution in [0, 0.1) is 29.1 Å². The van der Waals surface area contributed by atoms with Crippen LogP contribution in [-0.2, 0) is 23.9 Å². The number of ether oxygens (including phenoxy) is 1. The molecule has 5 unspecified atom stereocenters. The first-order valence-corrected chi connectivity index (χ1v) is 14.1. The number of hydrogen-bond donors (Lipinski definition) is 2. The van der Waals surface area contributed by atoms with Gasteiger partial charge in [-0.05, 0) is 62.2 Å². The molecule has 3 rings (SSSR count).